The molecule has 4 heteroatoms. The van der Waals surface area contributed by atoms with Gasteiger partial charge in [0, 0.05) is 11.5 Å². The highest BCUT2D eigenvalue weighted by molar-refractivity contribution is 5.94. The Morgan fingerprint density at radius 1 is 1.29 bits per heavy atom. The zero-order valence-corrected chi connectivity index (χ0v) is 11.2. The minimum absolute atomic E-state index is 0.0103. The summed E-state index contributed by atoms with van der Waals surface area (Å²) in [7, 11) is 0. The van der Waals surface area contributed by atoms with E-state index in [9.17, 15) is 4.79 Å². The molecule has 0 fully saturated rings. The molecule has 0 unspecified atom stereocenters. The Labute approximate surface area is 103 Å². The molecule has 0 saturated carbocycles. The maximum absolute atomic E-state index is 11.7. The van der Waals surface area contributed by atoms with E-state index in [1.165, 1.54) is 0 Å². The Bertz CT molecular complexity index is 377. The molecule has 1 heterocycles. The van der Waals surface area contributed by atoms with Crippen LogP contribution in [0.4, 0.5) is 11.5 Å². The molecule has 0 saturated heterocycles. The number of carbonyl (C=O) groups is 1. The number of carbonyl (C=O) groups excluding carboxylic acids is 1. The van der Waals surface area contributed by atoms with Gasteiger partial charge < -0.3 is 10.6 Å². The summed E-state index contributed by atoms with van der Waals surface area (Å²) in [4.78, 5) is 16.0. The summed E-state index contributed by atoms with van der Waals surface area (Å²) in [5.74, 6) is 0.803. The molecular formula is C13H21N3O. The number of amides is 1. The van der Waals surface area contributed by atoms with Crippen LogP contribution in [0.1, 0.15) is 34.6 Å². The van der Waals surface area contributed by atoms with Gasteiger partial charge in [-0.05, 0) is 26.0 Å². The van der Waals surface area contributed by atoms with E-state index in [1.54, 1.807) is 6.20 Å². The van der Waals surface area contributed by atoms with E-state index in [4.69, 9.17) is 0 Å². The van der Waals surface area contributed by atoms with Gasteiger partial charge in [0.1, 0.15) is 5.82 Å². The standard InChI is InChI=1S/C13H21N3O/c1-9(2)15-11-7-6-10(8-14-11)16-12(17)13(3,4)5/h6-9H,1-5H3,(H,14,15)(H,16,17). The van der Waals surface area contributed by atoms with Crippen LogP contribution in [0.15, 0.2) is 18.3 Å². The van der Waals surface area contributed by atoms with Crippen LogP contribution in [0.5, 0.6) is 0 Å². The molecule has 0 spiro atoms. The second-order valence-corrected chi connectivity index (χ2v) is 5.44. The molecule has 0 bridgehead atoms. The molecule has 1 aromatic rings. The lowest BCUT2D eigenvalue weighted by atomic mass is 9.96. The molecule has 0 radical (unpaired) electrons. The zero-order chi connectivity index (χ0) is 13.1. The summed E-state index contributed by atoms with van der Waals surface area (Å²) < 4.78 is 0. The van der Waals surface area contributed by atoms with Gasteiger partial charge in [0.15, 0.2) is 0 Å². The average Bonchev–Trinajstić information content (AvgIpc) is 2.18. The first kappa shape index (κ1) is 13.5. The monoisotopic (exact) mass is 235 g/mol. The van der Waals surface area contributed by atoms with Gasteiger partial charge in [0.25, 0.3) is 0 Å². The quantitative estimate of drug-likeness (QED) is 0.847. The molecule has 0 aliphatic carbocycles. The average molecular weight is 235 g/mol. The summed E-state index contributed by atoms with van der Waals surface area (Å²) in [6.07, 6.45) is 1.66. The first-order valence-corrected chi connectivity index (χ1v) is 5.83. The van der Waals surface area contributed by atoms with Gasteiger partial charge in [0.2, 0.25) is 5.91 Å². The number of nitrogens with zero attached hydrogens (tertiary/aromatic N) is 1. The van der Waals surface area contributed by atoms with Crippen molar-refractivity contribution in [2.75, 3.05) is 10.6 Å². The molecule has 1 aromatic heterocycles. The normalized spacial score (nSPS) is 11.4. The molecule has 0 aliphatic rings. The predicted octanol–water partition coefficient (Wildman–Crippen LogP) is 2.89. The van der Waals surface area contributed by atoms with Crippen molar-refractivity contribution in [1.82, 2.24) is 4.98 Å². The highest BCUT2D eigenvalue weighted by Crippen LogP contribution is 2.17. The van der Waals surface area contributed by atoms with Crippen molar-refractivity contribution in [3.8, 4) is 0 Å². The summed E-state index contributed by atoms with van der Waals surface area (Å²) >= 11 is 0. The number of hydrogen-bond donors (Lipinski definition) is 2. The predicted molar refractivity (Wildman–Crippen MR) is 71.1 cm³/mol. The van der Waals surface area contributed by atoms with Crippen LogP contribution in [0.25, 0.3) is 0 Å². The van der Waals surface area contributed by atoms with Crippen LogP contribution in [0.3, 0.4) is 0 Å². The topological polar surface area (TPSA) is 54.0 Å². The Hall–Kier alpha value is -1.58. The number of aromatic nitrogens is 1. The third kappa shape index (κ3) is 4.43. The smallest absolute Gasteiger partial charge is 0.229 e. The molecule has 1 rings (SSSR count). The Morgan fingerprint density at radius 2 is 1.94 bits per heavy atom. The molecule has 1 amide bonds. The van der Waals surface area contributed by atoms with Crippen molar-refractivity contribution in [2.45, 2.75) is 40.7 Å². The van der Waals surface area contributed by atoms with E-state index in [1.807, 2.05) is 32.9 Å². The fraction of sp³-hybridized carbons (Fsp3) is 0.538. The number of pyridine rings is 1. The van der Waals surface area contributed by atoms with Crippen LogP contribution in [0, 0.1) is 5.41 Å². The van der Waals surface area contributed by atoms with Gasteiger partial charge in [-0.25, -0.2) is 4.98 Å². The maximum Gasteiger partial charge on any atom is 0.229 e. The van der Waals surface area contributed by atoms with E-state index in [2.05, 4.69) is 29.5 Å². The van der Waals surface area contributed by atoms with Crippen molar-refractivity contribution in [2.24, 2.45) is 5.41 Å². The first-order chi connectivity index (χ1) is 7.79. The molecular weight excluding hydrogens is 214 g/mol. The van der Waals surface area contributed by atoms with Crippen LogP contribution < -0.4 is 10.6 Å². The second-order valence-electron chi connectivity index (χ2n) is 5.44. The number of nitrogens with one attached hydrogen (secondary N) is 2. The summed E-state index contributed by atoms with van der Waals surface area (Å²) in [6, 6.07) is 4.05. The lowest BCUT2D eigenvalue weighted by Gasteiger charge is -2.17. The number of anilines is 2. The molecule has 0 atom stereocenters. The van der Waals surface area contributed by atoms with Gasteiger partial charge in [-0.3, -0.25) is 4.79 Å². The summed E-state index contributed by atoms with van der Waals surface area (Å²) in [6.45, 7) is 9.74. The zero-order valence-electron chi connectivity index (χ0n) is 11.2. The summed E-state index contributed by atoms with van der Waals surface area (Å²) in [5.41, 5.74) is 0.328. The van der Waals surface area contributed by atoms with Crippen molar-refractivity contribution in [3.05, 3.63) is 18.3 Å². The third-order valence-electron chi connectivity index (χ3n) is 2.14. The highest BCUT2D eigenvalue weighted by atomic mass is 16.2. The van der Waals surface area contributed by atoms with Crippen molar-refractivity contribution >= 4 is 17.4 Å². The fourth-order valence-electron chi connectivity index (χ4n) is 1.17. The maximum atomic E-state index is 11.7. The van der Waals surface area contributed by atoms with Crippen LogP contribution in [-0.2, 0) is 4.79 Å². The fourth-order valence-corrected chi connectivity index (χ4v) is 1.17. The van der Waals surface area contributed by atoms with Crippen molar-refractivity contribution in [3.63, 3.8) is 0 Å². The van der Waals surface area contributed by atoms with Gasteiger partial charge in [0.05, 0.1) is 11.9 Å². The largest absolute Gasteiger partial charge is 0.368 e. The van der Waals surface area contributed by atoms with Gasteiger partial charge in [-0.1, -0.05) is 20.8 Å². The SMILES string of the molecule is CC(C)Nc1ccc(NC(=O)C(C)(C)C)cn1. The second kappa shape index (κ2) is 5.17. The van der Waals surface area contributed by atoms with E-state index in [0.29, 0.717) is 6.04 Å². The minimum Gasteiger partial charge on any atom is -0.368 e. The number of rotatable bonds is 3. The highest BCUT2D eigenvalue weighted by Gasteiger charge is 2.21. The molecule has 0 aromatic carbocycles. The van der Waals surface area contributed by atoms with Gasteiger partial charge in [-0.15, -0.1) is 0 Å². The van der Waals surface area contributed by atoms with Crippen LogP contribution in [-0.4, -0.2) is 16.9 Å². The van der Waals surface area contributed by atoms with Crippen LogP contribution >= 0.6 is 0 Å². The summed E-state index contributed by atoms with van der Waals surface area (Å²) in [5, 5.41) is 6.02. The molecule has 94 valence electrons. The molecule has 0 aliphatic heterocycles. The lowest BCUT2D eigenvalue weighted by molar-refractivity contribution is -0.123. The van der Waals surface area contributed by atoms with E-state index in [-0.39, 0.29) is 5.91 Å². The lowest BCUT2D eigenvalue weighted by Crippen LogP contribution is -2.27. The minimum atomic E-state index is -0.394. The Balaban J connectivity index is 2.66. The number of hydrogen-bond acceptors (Lipinski definition) is 3. The third-order valence-corrected chi connectivity index (χ3v) is 2.14. The first-order valence-electron chi connectivity index (χ1n) is 5.83. The van der Waals surface area contributed by atoms with Crippen molar-refractivity contribution < 1.29 is 4.79 Å². The van der Waals surface area contributed by atoms with Gasteiger partial charge >= 0.3 is 0 Å². The molecule has 17 heavy (non-hydrogen) atoms. The Kier molecular flexibility index (Phi) is 4.10. The van der Waals surface area contributed by atoms with Crippen LogP contribution in [0.2, 0.25) is 0 Å². The van der Waals surface area contributed by atoms with E-state index >= 15 is 0 Å². The van der Waals surface area contributed by atoms with Gasteiger partial charge in [-0.2, -0.15) is 0 Å². The van der Waals surface area contributed by atoms with E-state index in [0.717, 1.165) is 11.5 Å². The molecule has 2 N–H and O–H groups in total. The molecule has 4 nitrogen and oxygen atoms in total. The van der Waals surface area contributed by atoms with Crippen molar-refractivity contribution in [1.29, 1.82) is 0 Å². The Morgan fingerprint density at radius 3 is 2.35 bits per heavy atom. The van der Waals surface area contributed by atoms with E-state index < -0.39 is 5.41 Å².